The van der Waals surface area contributed by atoms with Crippen LogP contribution < -0.4 is 0 Å². The quantitative estimate of drug-likeness (QED) is 0.459. The predicted octanol–water partition coefficient (Wildman–Crippen LogP) is 3.71. The standard InChI is InChI=1S/C22H17NO6S/c1-2-23-19(20(24)15-9-4-3-5-10-15)21(29-22(25)17-12-8-14-28-17)16-11-6-7-13-18(16)30(23,26)27/h3-14H,2H2,1H3. The number of Topliss-reactive ketones (excluding diaryl/α,β-unsaturated/α-hetero) is 1. The van der Waals surface area contributed by atoms with Crippen molar-refractivity contribution in [3.05, 3.63) is 95.6 Å². The van der Waals surface area contributed by atoms with E-state index in [1.54, 1.807) is 49.4 Å². The molecule has 0 saturated carbocycles. The maximum absolute atomic E-state index is 13.4. The Kier molecular flexibility index (Phi) is 5.01. The Morgan fingerprint density at radius 1 is 0.967 bits per heavy atom. The summed E-state index contributed by atoms with van der Waals surface area (Å²) >= 11 is 0. The molecule has 152 valence electrons. The lowest BCUT2D eigenvalue weighted by Gasteiger charge is -2.32. The monoisotopic (exact) mass is 423 g/mol. The van der Waals surface area contributed by atoms with Crippen LogP contribution >= 0.6 is 0 Å². The Bertz CT molecular complexity index is 1240. The van der Waals surface area contributed by atoms with Crippen molar-refractivity contribution >= 4 is 27.5 Å². The van der Waals surface area contributed by atoms with E-state index in [4.69, 9.17) is 9.15 Å². The highest BCUT2D eigenvalue weighted by Crippen LogP contribution is 2.39. The molecule has 7 nitrogen and oxygen atoms in total. The van der Waals surface area contributed by atoms with Gasteiger partial charge in [0.25, 0.3) is 10.0 Å². The van der Waals surface area contributed by atoms with Gasteiger partial charge in [-0.05, 0) is 31.2 Å². The number of furan rings is 1. The van der Waals surface area contributed by atoms with Gasteiger partial charge in [-0.1, -0.05) is 42.5 Å². The Morgan fingerprint density at radius 2 is 1.67 bits per heavy atom. The summed E-state index contributed by atoms with van der Waals surface area (Å²) < 4.78 is 38.1. The molecule has 1 aliphatic heterocycles. The molecule has 0 amide bonds. The van der Waals surface area contributed by atoms with Crippen molar-refractivity contribution in [3.8, 4) is 0 Å². The molecule has 0 bridgehead atoms. The van der Waals surface area contributed by atoms with E-state index < -0.39 is 21.8 Å². The first-order chi connectivity index (χ1) is 14.4. The molecule has 2 heterocycles. The summed E-state index contributed by atoms with van der Waals surface area (Å²) in [7, 11) is -4.02. The SMILES string of the molecule is CCN1C(C(=O)c2ccccc2)=C(OC(=O)c2ccco2)c2ccccc2S1(=O)=O. The number of carbonyl (C=O) groups is 2. The zero-order valence-corrected chi connectivity index (χ0v) is 16.8. The molecule has 30 heavy (non-hydrogen) atoms. The van der Waals surface area contributed by atoms with E-state index in [1.807, 2.05) is 0 Å². The van der Waals surface area contributed by atoms with Crippen LogP contribution in [0.1, 0.15) is 33.4 Å². The van der Waals surface area contributed by atoms with Crippen molar-refractivity contribution < 1.29 is 27.2 Å². The average Bonchev–Trinajstić information content (AvgIpc) is 3.30. The fraction of sp³-hybridized carbons (Fsp3) is 0.0909. The Hall–Kier alpha value is -3.65. The zero-order chi connectivity index (χ0) is 21.3. The minimum Gasteiger partial charge on any atom is -0.457 e. The number of ketones is 1. The van der Waals surface area contributed by atoms with Gasteiger partial charge in [0.05, 0.1) is 11.2 Å². The van der Waals surface area contributed by atoms with Crippen LogP contribution in [-0.2, 0) is 14.8 Å². The zero-order valence-electron chi connectivity index (χ0n) is 15.9. The number of rotatable bonds is 5. The fourth-order valence-electron chi connectivity index (χ4n) is 3.27. The second-order valence-corrected chi connectivity index (χ2v) is 8.24. The number of nitrogens with zero attached hydrogens (tertiary/aromatic N) is 1. The molecule has 1 aliphatic rings. The molecule has 3 aromatic rings. The maximum atomic E-state index is 13.4. The fourth-order valence-corrected chi connectivity index (χ4v) is 4.94. The first kappa shape index (κ1) is 19.7. The Morgan fingerprint density at radius 3 is 2.33 bits per heavy atom. The minimum atomic E-state index is -4.02. The van der Waals surface area contributed by atoms with Crippen LogP contribution in [0.15, 0.2) is 88.0 Å². The van der Waals surface area contributed by atoms with Crippen LogP contribution in [-0.4, -0.2) is 31.0 Å². The van der Waals surface area contributed by atoms with Crippen LogP contribution in [0.5, 0.6) is 0 Å². The third kappa shape index (κ3) is 3.21. The lowest BCUT2D eigenvalue weighted by atomic mass is 10.0. The largest absolute Gasteiger partial charge is 0.457 e. The first-order valence-corrected chi connectivity index (χ1v) is 10.6. The van der Waals surface area contributed by atoms with E-state index in [0.717, 1.165) is 4.31 Å². The number of likely N-dealkylation sites (N-methyl/N-ethyl adjacent to an activating group) is 1. The number of allylic oxidation sites excluding steroid dienone is 1. The summed E-state index contributed by atoms with van der Waals surface area (Å²) in [4.78, 5) is 25.9. The minimum absolute atomic E-state index is 0.0215. The van der Waals surface area contributed by atoms with Gasteiger partial charge in [0, 0.05) is 17.7 Å². The van der Waals surface area contributed by atoms with Crippen molar-refractivity contribution in [2.45, 2.75) is 11.8 Å². The Balaban J connectivity index is 1.97. The van der Waals surface area contributed by atoms with Crippen molar-refractivity contribution in [3.63, 3.8) is 0 Å². The normalized spacial score (nSPS) is 14.9. The summed E-state index contributed by atoms with van der Waals surface area (Å²) in [6.45, 7) is 1.59. The summed E-state index contributed by atoms with van der Waals surface area (Å²) in [5.41, 5.74) is 0.191. The maximum Gasteiger partial charge on any atom is 0.379 e. The van der Waals surface area contributed by atoms with Gasteiger partial charge in [-0.25, -0.2) is 13.2 Å². The van der Waals surface area contributed by atoms with Gasteiger partial charge in [0.15, 0.2) is 5.76 Å². The third-order valence-corrected chi connectivity index (χ3v) is 6.55. The number of fused-ring (bicyclic) bond motifs is 1. The van der Waals surface area contributed by atoms with E-state index in [1.165, 1.54) is 30.5 Å². The van der Waals surface area contributed by atoms with E-state index in [-0.39, 0.29) is 39.8 Å². The lowest BCUT2D eigenvalue weighted by Crippen LogP contribution is -2.38. The number of benzene rings is 2. The molecule has 2 aromatic carbocycles. The van der Waals surface area contributed by atoms with Gasteiger partial charge >= 0.3 is 5.97 Å². The van der Waals surface area contributed by atoms with E-state index >= 15 is 0 Å². The van der Waals surface area contributed by atoms with E-state index in [0.29, 0.717) is 0 Å². The highest BCUT2D eigenvalue weighted by atomic mass is 32.2. The summed E-state index contributed by atoms with van der Waals surface area (Å²) in [5.74, 6) is -1.60. The molecule has 0 atom stereocenters. The molecule has 0 saturated heterocycles. The van der Waals surface area contributed by atoms with Gasteiger partial charge in [-0.2, -0.15) is 0 Å². The van der Waals surface area contributed by atoms with E-state index in [2.05, 4.69) is 0 Å². The molecular formula is C22H17NO6S. The highest BCUT2D eigenvalue weighted by Gasteiger charge is 2.41. The lowest BCUT2D eigenvalue weighted by molar-refractivity contribution is 0.0651. The van der Waals surface area contributed by atoms with Crippen LogP contribution in [0.2, 0.25) is 0 Å². The van der Waals surface area contributed by atoms with Crippen molar-refractivity contribution in [1.82, 2.24) is 4.31 Å². The number of hydrogen-bond donors (Lipinski definition) is 0. The topological polar surface area (TPSA) is 93.9 Å². The van der Waals surface area contributed by atoms with Crippen molar-refractivity contribution in [2.24, 2.45) is 0 Å². The molecule has 0 aliphatic carbocycles. The van der Waals surface area contributed by atoms with Gasteiger partial charge in [-0.15, -0.1) is 0 Å². The molecule has 0 unspecified atom stereocenters. The van der Waals surface area contributed by atoms with Crippen molar-refractivity contribution in [1.29, 1.82) is 0 Å². The number of hydrogen-bond acceptors (Lipinski definition) is 6. The smallest absolute Gasteiger partial charge is 0.379 e. The molecule has 0 spiro atoms. The summed E-state index contributed by atoms with van der Waals surface area (Å²) in [6.07, 6.45) is 1.32. The second kappa shape index (κ2) is 7.64. The Labute approximate surface area is 173 Å². The third-order valence-electron chi connectivity index (χ3n) is 4.62. The van der Waals surface area contributed by atoms with Crippen molar-refractivity contribution in [2.75, 3.05) is 6.54 Å². The molecule has 0 N–H and O–H groups in total. The van der Waals surface area contributed by atoms with Crippen LogP contribution in [0.25, 0.3) is 5.76 Å². The average molecular weight is 423 g/mol. The summed E-state index contributed by atoms with van der Waals surface area (Å²) in [6, 6.07) is 17.3. The van der Waals surface area contributed by atoms with Crippen LogP contribution in [0, 0.1) is 0 Å². The molecular weight excluding hydrogens is 406 g/mol. The summed E-state index contributed by atoms with van der Waals surface area (Å²) in [5, 5.41) is 0. The first-order valence-electron chi connectivity index (χ1n) is 9.17. The molecule has 1 aromatic heterocycles. The highest BCUT2D eigenvalue weighted by molar-refractivity contribution is 7.89. The molecule has 8 heteroatoms. The second-order valence-electron chi connectivity index (χ2n) is 6.41. The number of esters is 1. The van der Waals surface area contributed by atoms with E-state index in [9.17, 15) is 18.0 Å². The number of carbonyl (C=O) groups excluding carboxylic acids is 2. The van der Waals surface area contributed by atoms with Gasteiger partial charge in [0.1, 0.15) is 5.70 Å². The number of sulfonamides is 1. The molecule has 0 radical (unpaired) electrons. The predicted molar refractivity (Wildman–Crippen MR) is 108 cm³/mol. The number of ether oxygens (including phenoxy) is 1. The van der Waals surface area contributed by atoms with Crippen LogP contribution in [0.4, 0.5) is 0 Å². The van der Waals surface area contributed by atoms with Gasteiger partial charge < -0.3 is 9.15 Å². The van der Waals surface area contributed by atoms with Crippen LogP contribution in [0.3, 0.4) is 0 Å². The molecule has 4 rings (SSSR count). The van der Waals surface area contributed by atoms with Gasteiger partial charge in [0.2, 0.25) is 11.5 Å². The van der Waals surface area contributed by atoms with Gasteiger partial charge in [-0.3, -0.25) is 9.10 Å². The molecule has 0 fully saturated rings.